The number of carbonyl (C=O) groups excluding carboxylic acids is 1. The Balaban J connectivity index is 1.41. The molecule has 5 rings (SSSR count). The van der Waals surface area contributed by atoms with Gasteiger partial charge in [0.15, 0.2) is 0 Å². The second-order valence-electron chi connectivity index (χ2n) is 10.6. The van der Waals surface area contributed by atoms with Crippen LogP contribution in [0.3, 0.4) is 0 Å². The lowest BCUT2D eigenvalue weighted by molar-refractivity contribution is -0.128. The maximum Gasteiger partial charge on any atom is 0.318 e. The van der Waals surface area contributed by atoms with Crippen molar-refractivity contribution in [3.05, 3.63) is 53.5 Å². The third-order valence-electron chi connectivity index (χ3n) is 8.10. The predicted octanol–water partition coefficient (Wildman–Crippen LogP) is 2.73. The van der Waals surface area contributed by atoms with E-state index in [2.05, 4.69) is 34.4 Å². The van der Waals surface area contributed by atoms with E-state index in [0.29, 0.717) is 69.2 Å². The minimum atomic E-state index is -0.283. The predicted molar refractivity (Wildman–Crippen MR) is 147 cm³/mol. The Kier molecular flexibility index (Phi) is 8.47. The van der Waals surface area contributed by atoms with Crippen molar-refractivity contribution in [2.75, 3.05) is 51.8 Å². The minimum absolute atomic E-state index is 0.177. The van der Waals surface area contributed by atoms with E-state index >= 15 is 0 Å². The first-order chi connectivity index (χ1) is 19.4. The van der Waals surface area contributed by atoms with Crippen molar-refractivity contribution in [3.8, 4) is 17.8 Å². The highest BCUT2D eigenvalue weighted by Gasteiger charge is 2.34. The van der Waals surface area contributed by atoms with Crippen LogP contribution in [0.2, 0.25) is 0 Å². The molecule has 11 heteroatoms. The van der Waals surface area contributed by atoms with Crippen molar-refractivity contribution in [1.82, 2.24) is 24.7 Å². The van der Waals surface area contributed by atoms with Crippen molar-refractivity contribution in [2.45, 2.75) is 51.0 Å². The van der Waals surface area contributed by atoms with Crippen LogP contribution in [0.5, 0.6) is 11.8 Å². The number of carbonyl (C=O) groups is 1. The summed E-state index contributed by atoms with van der Waals surface area (Å²) in [5.41, 5.74) is 2.37. The monoisotopic (exact) mass is 549 g/mol. The van der Waals surface area contributed by atoms with Gasteiger partial charge in [0.05, 0.1) is 31.3 Å². The Morgan fingerprint density at radius 1 is 1.25 bits per heavy atom. The molecule has 0 bridgehead atoms. The van der Waals surface area contributed by atoms with E-state index in [-0.39, 0.29) is 24.2 Å². The Morgan fingerprint density at radius 2 is 2.10 bits per heavy atom. The zero-order valence-electron chi connectivity index (χ0n) is 23.2. The zero-order chi connectivity index (χ0) is 28.2. The number of anilines is 1. The van der Waals surface area contributed by atoms with E-state index in [9.17, 15) is 14.4 Å². The molecule has 10 nitrogen and oxygen atoms in total. The molecular weight excluding hydrogens is 513 g/mol. The molecule has 3 aliphatic rings. The van der Waals surface area contributed by atoms with Gasteiger partial charge in [-0.15, -0.1) is 0 Å². The molecule has 0 N–H and O–H groups in total. The number of hydrogen-bond acceptors (Lipinski definition) is 9. The molecule has 2 aromatic rings. The SMILES string of the molecule is C=CC(=O)N1CCN(c2nc(OC[C@@H]3CCCN3C)nc3c2CN(Cc2cc(OC)ccc2F)C3)C[C@@H]1CC#N. The third kappa shape index (κ3) is 5.88. The first-order valence-corrected chi connectivity index (χ1v) is 13.7. The van der Waals surface area contributed by atoms with Crippen LogP contribution in [-0.2, 0) is 24.4 Å². The molecule has 0 saturated carbocycles. The topological polar surface area (TPSA) is 98.1 Å². The molecule has 0 spiro atoms. The second kappa shape index (κ2) is 12.2. The second-order valence-corrected chi connectivity index (χ2v) is 10.6. The Labute approximate surface area is 234 Å². The normalized spacial score (nSPS) is 21.2. The third-order valence-corrected chi connectivity index (χ3v) is 8.10. The van der Waals surface area contributed by atoms with Gasteiger partial charge < -0.3 is 24.2 Å². The van der Waals surface area contributed by atoms with Crippen molar-refractivity contribution in [2.24, 2.45) is 0 Å². The number of benzene rings is 1. The number of ether oxygens (including phenoxy) is 2. The number of halogens is 1. The molecule has 0 aliphatic carbocycles. The highest BCUT2D eigenvalue weighted by Crippen LogP contribution is 2.34. The van der Waals surface area contributed by atoms with Crippen molar-refractivity contribution in [3.63, 3.8) is 0 Å². The Morgan fingerprint density at radius 3 is 2.83 bits per heavy atom. The summed E-state index contributed by atoms with van der Waals surface area (Å²) in [6.45, 7) is 8.11. The average molecular weight is 550 g/mol. The minimum Gasteiger partial charge on any atom is -0.497 e. The van der Waals surface area contributed by atoms with E-state index in [0.717, 1.165) is 36.5 Å². The maximum atomic E-state index is 14.6. The van der Waals surface area contributed by atoms with Gasteiger partial charge >= 0.3 is 6.01 Å². The van der Waals surface area contributed by atoms with Gasteiger partial charge in [-0.3, -0.25) is 9.69 Å². The standard InChI is InChI=1S/C29H36FN7O3/c1-4-27(38)37-13-12-36(16-21(37)9-10-31)28-24-17-35(15-20-14-23(39-3)7-8-25(20)30)18-26(24)32-29(33-28)40-19-22-6-5-11-34(22)2/h4,7-8,14,21-22H,1,5-6,9,11-13,15-19H2,2-3H3/t21-,22-/m0/s1. The number of rotatable bonds is 9. The maximum absolute atomic E-state index is 14.6. The van der Waals surface area contributed by atoms with E-state index < -0.39 is 0 Å². The van der Waals surface area contributed by atoms with Crippen LogP contribution < -0.4 is 14.4 Å². The number of fused-ring (bicyclic) bond motifs is 1. The molecule has 212 valence electrons. The average Bonchev–Trinajstić information content (AvgIpc) is 3.57. The van der Waals surface area contributed by atoms with E-state index in [1.807, 2.05) is 0 Å². The van der Waals surface area contributed by atoms with Gasteiger partial charge in [-0.05, 0) is 50.7 Å². The number of aromatic nitrogens is 2. The number of piperazine rings is 1. The lowest BCUT2D eigenvalue weighted by atomic mass is 10.1. The van der Waals surface area contributed by atoms with Gasteiger partial charge in [-0.1, -0.05) is 6.58 Å². The number of likely N-dealkylation sites (N-methyl/N-ethyl adjacent to an activating group) is 1. The van der Waals surface area contributed by atoms with Crippen LogP contribution in [-0.4, -0.2) is 89.6 Å². The van der Waals surface area contributed by atoms with Crippen molar-refractivity contribution >= 4 is 11.7 Å². The van der Waals surface area contributed by atoms with E-state index in [4.69, 9.17) is 19.4 Å². The van der Waals surface area contributed by atoms with Crippen molar-refractivity contribution in [1.29, 1.82) is 5.26 Å². The lowest BCUT2D eigenvalue weighted by Crippen LogP contribution is -2.55. The molecule has 1 aromatic carbocycles. The van der Waals surface area contributed by atoms with Gasteiger partial charge in [-0.25, -0.2) is 4.39 Å². The van der Waals surface area contributed by atoms with Crippen LogP contribution in [0.25, 0.3) is 0 Å². The number of amides is 1. The summed E-state index contributed by atoms with van der Waals surface area (Å²) in [6.07, 6.45) is 3.72. The summed E-state index contributed by atoms with van der Waals surface area (Å²) in [4.78, 5) is 30.4. The van der Waals surface area contributed by atoms with E-state index in [1.54, 1.807) is 24.1 Å². The largest absolute Gasteiger partial charge is 0.497 e. The number of nitrogens with zero attached hydrogens (tertiary/aromatic N) is 7. The summed E-state index contributed by atoms with van der Waals surface area (Å²) < 4.78 is 26.1. The molecule has 2 atom stereocenters. The van der Waals surface area contributed by atoms with Crippen LogP contribution in [0, 0.1) is 17.1 Å². The quantitative estimate of drug-likeness (QED) is 0.437. The van der Waals surface area contributed by atoms with Gasteiger partial charge in [0.25, 0.3) is 0 Å². The van der Waals surface area contributed by atoms with Crippen LogP contribution in [0.4, 0.5) is 10.2 Å². The smallest absolute Gasteiger partial charge is 0.318 e. The fourth-order valence-electron chi connectivity index (χ4n) is 5.85. The summed E-state index contributed by atoms with van der Waals surface area (Å²) in [7, 11) is 3.67. The molecule has 3 aliphatic heterocycles. The molecule has 0 radical (unpaired) electrons. The van der Waals surface area contributed by atoms with Crippen molar-refractivity contribution < 1.29 is 18.7 Å². The molecular formula is C29H36FN7O3. The highest BCUT2D eigenvalue weighted by molar-refractivity contribution is 5.87. The van der Waals surface area contributed by atoms with Gasteiger partial charge in [0.1, 0.15) is 24.0 Å². The first-order valence-electron chi connectivity index (χ1n) is 13.7. The van der Waals surface area contributed by atoms with Crippen LogP contribution in [0.1, 0.15) is 36.1 Å². The number of hydrogen-bond donors (Lipinski definition) is 0. The molecule has 40 heavy (non-hydrogen) atoms. The number of likely N-dealkylation sites (tertiary alicyclic amines) is 1. The number of methoxy groups -OCH3 is 1. The molecule has 0 unspecified atom stereocenters. The highest BCUT2D eigenvalue weighted by atomic mass is 19.1. The first kappa shape index (κ1) is 27.8. The van der Waals surface area contributed by atoms with Crippen LogP contribution >= 0.6 is 0 Å². The Hall–Kier alpha value is -3.75. The van der Waals surface area contributed by atoms with Gasteiger partial charge in [0, 0.05) is 56.4 Å². The summed E-state index contributed by atoms with van der Waals surface area (Å²) >= 11 is 0. The lowest BCUT2D eigenvalue weighted by Gasteiger charge is -2.41. The van der Waals surface area contributed by atoms with E-state index in [1.165, 1.54) is 12.1 Å². The molecule has 1 amide bonds. The molecule has 4 heterocycles. The molecule has 2 saturated heterocycles. The molecule has 1 aromatic heterocycles. The van der Waals surface area contributed by atoms with Crippen LogP contribution in [0.15, 0.2) is 30.9 Å². The van der Waals surface area contributed by atoms with Gasteiger partial charge in [0.2, 0.25) is 5.91 Å². The summed E-state index contributed by atoms with van der Waals surface area (Å²) in [6, 6.07) is 7.34. The summed E-state index contributed by atoms with van der Waals surface area (Å²) in [5, 5.41) is 9.45. The summed E-state index contributed by atoms with van der Waals surface area (Å²) in [5.74, 6) is 0.901. The molecule has 2 fully saturated rings. The zero-order valence-corrected chi connectivity index (χ0v) is 23.2. The fourth-order valence-corrected chi connectivity index (χ4v) is 5.85. The fraction of sp³-hybridized carbons (Fsp3) is 0.517. The van der Waals surface area contributed by atoms with Gasteiger partial charge in [-0.2, -0.15) is 15.2 Å². The number of nitriles is 1. The Bertz CT molecular complexity index is 1300.